The first-order valence-corrected chi connectivity index (χ1v) is 15.7. The molecule has 2 N–H and O–H groups in total. The molecule has 47 heavy (non-hydrogen) atoms. The minimum Gasteiger partial charge on any atom is -0.545 e. The molecule has 0 aliphatic heterocycles. The quantitative estimate of drug-likeness (QED) is 0.143. The van der Waals surface area contributed by atoms with Crippen LogP contribution in [-0.2, 0) is 16.8 Å². The van der Waals surface area contributed by atoms with Crippen LogP contribution in [0.3, 0.4) is 0 Å². The Balaban J connectivity index is 0.000000431. The zero-order valence-corrected chi connectivity index (χ0v) is 30.0. The third-order valence-corrected chi connectivity index (χ3v) is 7.85. The molecule has 0 aliphatic rings. The Morgan fingerprint density at radius 3 is 1.45 bits per heavy atom. The predicted octanol–water partition coefficient (Wildman–Crippen LogP) is 8.81. The number of benzene rings is 3. The van der Waals surface area contributed by atoms with Gasteiger partial charge < -0.3 is 20.1 Å². The van der Waals surface area contributed by atoms with Gasteiger partial charge in [-0.25, -0.2) is 4.98 Å². The summed E-state index contributed by atoms with van der Waals surface area (Å²) in [7, 11) is 0. The van der Waals surface area contributed by atoms with Gasteiger partial charge in [-0.15, -0.1) is 0 Å². The molecule has 0 aliphatic carbocycles. The number of aromatic hydroxyl groups is 2. The van der Waals surface area contributed by atoms with Crippen molar-refractivity contribution in [1.29, 1.82) is 0 Å². The van der Waals surface area contributed by atoms with Crippen molar-refractivity contribution in [2.75, 3.05) is 0 Å². The number of pyridine rings is 1. The fraction of sp³-hybridized carbons (Fsp3) is 0.333. The molecule has 4 rings (SSSR count). The number of hydrogen-bond acceptors (Lipinski definition) is 7. The van der Waals surface area contributed by atoms with Gasteiger partial charge in [0.1, 0.15) is 0 Å². The van der Waals surface area contributed by atoms with Gasteiger partial charge in [0, 0.05) is 5.56 Å². The van der Waals surface area contributed by atoms with E-state index in [1.54, 1.807) is 13.8 Å². The molecule has 0 fully saturated rings. The van der Waals surface area contributed by atoms with Crippen LogP contribution in [0.4, 0.5) is 11.4 Å². The van der Waals surface area contributed by atoms with Crippen LogP contribution in [0.1, 0.15) is 123 Å². The molecule has 0 amide bonds. The average Bonchev–Trinajstić information content (AvgIpc) is 3.00. The molecule has 0 saturated carbocycles. The summed E-state index contributed by atoms with van der Waals surface area (Å²) in [5.41, 5.74) is 10.7. The summed E-state index contributed by atoms with van der Waals surface area (Å²) in [4.78, 5) is 25.6. The van der Waals surface area contributed by atoms with Crippen molar-refractivity contribution < 1.29 is 36.9 Å². The van der Waals surface area contributed by atoms with Crippen molar-refractivity contribution in [1.82, 2.24) is 4.98 Å². The van der Waals surface area contributed by atoms with Crippen molar-refractivity contribution in [3.63, 3.8) is 0 Å². The number of phenolic OH excluding ortho intramolecular Hbond substituents is 1. The number of aromatic carboxylic acids is 1. The maximum Gasteiger partial charge on any atom is 1.00 e. The van der Waals surface area contributed by atoms with E-state index in [0.717, 1.165) is 34.2 Å². The number of carboxylic acids is 1. The second-order valence-corrected chi connectivity index (χ2v) is 12.5. The molecule has 8 heteroatoms. The summed E-state index contributed by atoms with van der Waals surface area (Å²) in [5, 5.41) is 29.2. The average molecular weight is 680 g/mol. The number of carbonyl (C=O) groups excluding carboxylic acids is 1. The first kappa shape index (κ1) is 38.9. The summed E-state index contributed by atoms with van der Waals surface area (Å²) >= 11 is 0. The molecule has 4 aromatic rings. The van der Waals surface area contributed by atoms with Crippen LogP contribution in [-0.4, -0.2) is 32.6 Å². The number of para-hydroxylation sites is 2. The minimum atomic E-state index is -1.48. The number of aromatic nitrogens is 1. The first-order chi connectivity index (χ1) is 21.6. The van der Waals surface area contributed by atoms with Crippen LogP contribution >= 0.6 is 0 Å². The Morgan fingerprint density at radius 1 is 0.660 bits per heavy atom. The van der Waals surface area contributed by atoms with Gasteiger partial charge >= 0.3 is 16.8 Å². The van der Waals surface area contributed by atoms with Crippen LogP contribution in [0, 0.1) is 13.8 Å². The summed E-state index contributed by atoms with van der Waals surface area (Å²) < 4.78 is 0. The van der Waals surface area contributed by atoms with Gasteiger partial charge in [-0.1, -0.05) is 90.1 Å². The maximum absolute atomic E-state index is 10.7. The van der Waals surface area contributed by atoms with E-state index in [2.05, 4.69) is 77.9 Å². The topological polar surface area (TPSA) is 118 Å². The molecule has 0 atom stereocenters. The first-order valence-electron chi connectivity index (χ1n) is 15.7. The van der Waals surface area contributed by atoms with Gasteiger partial charge in [0.25, 0.3) is 0 Å². The second-order valence-electron chi connectivity index (χ2n) is 12.5. The van der Waals surface area contributed by atoms with E-state index in [1.807, 2.05) is 32.0 Å². The zero-order chi connectivity index (χ0) is 34.3. The largest absolute Gasteiger partial charge is 1.00 e. The predicted molar refractivity (Wildman–Crippen MR) is 187 cm³/mol. The van der Waals surface area contributed by atoms with Crippen molar-refractivity contribution in [3.8, 4) is 11.5 Å². The second kappa shape index (κ2) is 17.0. The van der Waals surface area contributed by atoms with Gasteiger partial charge in [0.2, 0.25) is 0 Å². The van der Waals surface area contributed by atoms with E-state index in [9.17, 15) is 15.0 Å². The zero-order valence-electron chi connectivity index (χ0n) is 29.0. The molecule has 0 unspecified atom stereocenters. The number of hydrogen-bond donors (Lipinski definition) is 2. The molecule has 3 aromatic carbocycles. The Hall–Kier alpha value is -4.27. The van der Waals surface area contributed by atoms with Crippen molar-refractivity contribution in [3.05, 3.63) is 111 Å². The van der Waals surface area contributed by atoms with E-state index in [1.165, 1.54) is 34.4 Å². The van der Waals surface area contributed by atoms with Gasteiger partial charge in [0.05, 0.1) is 40.2 Å². The van der Waals surface area contributed by atoms with Gasteiger partial charge in [-0.2, -0.15) is 0 Å². The number of nitrogens with zero attached hydrogens (tertiary/aromatic N) is 3. The van der Waals surface area contributed by atoms with Crippen LogP contribution in [0.2, 0.25) is 0 Å². The minimum absolute atomic E-state index is 0. The van der Waals surface area contributed by atoms with Crippen molar-refractivity contribution >= 4 is 28.8 Å². The molecular weight excluding hydrogens is 633 g/mol. The van der Waals surface area contributed by atoms with E-state index in [0.29, 0.717) is 17.4 Å². The summed E-state index contributed by atoms with van der Waals surface area (Å²) in [5.74, 6) is -1.79. The number of aryl methyl sites for hydroxylation is 2. The SMILES string of the molecule is CC(=Nc1c(C)cccc1C(C)C)c1cccc(C(C)=Nc2c(C)cccc2C(C)C)n1.CC(C)c1ccc(O)c(O)c1C(=O)[O-].[Co+]. The molecule has 0 spiro atoms. The molecule has 0 radical (unpaired) electrons. The van der Waals surface area contributed by atoms with E-state index in [-0.39, 0.29) is 28.3 Å². The Labute approximate surface area is 289 Å². The fourth-order valence-corrected chi connectivity index (χ4v) is 5.18. The molecular formula is C39H46CoN3O4. The number of carbonyl (C=O) groups is 1. The van der Waals surface area contributed by atoms with Gasteiger partial charge in [0.15, 0.2) is 11.5 Å². The van der Waals surface area contributed by atoms with Crippen LogP contribution in [0.5, 0.6) is 11.5 Å². The van der Waals surface area contributed by atoms with Crippen LogP contribution < -0.4 is 5.11 Å². The van der Waals surface area contributed by atoms with E-state index in [4.69, 9.17) is 20.1 Å². The summed E-state index contributed by atoms with van der Waals surface area (Å²) in [6.07, 6.45) is 0. The molecule has 250 valence electrons. The molecule has 7 nitrogen and oxygen atoms in total. The standard InChI is InChI=1S/C29H35N3.C10H12O4.Co/c1-18(2)24-14-9-12-20(5)28(24)30-22(7)26-16-11-17-27(32-26)23(8)31-29-21(6)13-10-15-25(29)19(3)4;1-5(2)6-3-4-7(11)9(12)8(6)10(13)14;/h9-19H,1-8H3;3-5,11-12H,1-2H3,(H,13,14);/q;;+1/p-1. The molecule has 0 bridgehead atoms. The van der Waals surface area contributed by atoms with E-state index >= 15 is 0 Å². The number of carboxylic acid groups (broad SMARTS) is 1. The Kier molecular flexibility index (Phi) is 14.1. The molecule has 1 heterocycles. The molecule has 0 saturated heterocycles. The maximum atomic E-state index is 10.7. The van der Waals surface area contributed by atoms with Gasteiger partial charge in [-0.05, 0) is 91.5 Å². The third-order valence-electron chi connectivity index (χ3n) is 7.85. The Morgan fingerprint density at radius 2 is 1.06 bits per heavy atom. The summed E-state index contributed by atoms with van der Waals surface area (Å²) in [6, 6.07) is 21.6. The smallest absolute Gasteiger partial charge is 0.545 e. The fourth-order valence-electron chi connectivity index (χ4n) is 5.18. The number of phenols is 2. The van der Waals surface area contributed by atoms with Crippen molar-refractivity contribution in [2.45, 2.75) is 87.0 Å². The third kappa shape index (κ3) is 9.62. The van der Waals surface area contributed by atoms with E-state index < -0.39 is 17.5 Å². The Bertz CT molecular complexity index is 1690. The number of rotatable bonds is 8. The van der Waals surface area contributed by atoms with Crippen molar-refractivity contribution in [2.24, 2.45) is 9.98 Å². The number of aliphatic imine (C=N–C) groups is 2. The monoisotopic (exact) mass is 679 g/mol. The molecule has 1 aromatic heterocycles. The van der Waals surface area contributed by atoms with Crippen LogP contribution in [0.15, 0.2) is 76.7 Å². The normalized spacial score (nSPS) is 11.8. The van der Waals surface area contributed by atoms with Gasteiger partial charge in [-0.3, -0.25) is 9.98 Å². The summed E-state index contributed by atoms with van der Waals surface area (Å²) in [6.45, 7) is 20.7. The van der Waals surface area contributed by atoms with Crippen LogP contribution in [0.25, 0.3) is 0 Å².